The van der Waals surface area contributed by atoms with E-state index in [0.29, 0.717) is 5.75 Å². The van der Waals surface area contributed by atoms with Crippen LogP contribution in [0.1, 0.15) is 32.3 Å². The Hall–Kier alpha value is -1.83. The van der Waals surface area contributed by atoms with Crippen molar-refractivity contribution in [3.05, 3.63) is 59.9 Å². The zero-order valence-corrected chi connectivity index (χ0v) is 12.1. The second-order valence-electron chi connectivity index (χ2n) is 5.49. The van der Waals surface area contributed by atoms with Crippen LogP contribution in [-0.4, -0.2) is 0 Å². The number of hydrogen-bond acceptors (Lipinski definition) is 1. The Labute approximate surface area is 120 Å². The number of benzene rings is 2. The zero-order valence-electron chi connectivity index (χ0n) is 12.1. The van der Waals surface area contributed by atoms with Crippen LogP contribution >= 0.6 is 0 Å². The molecule has 0 fully saturated rings. The summed E-state index contributed by atoms with van der Waals surface area (Å²) < 4.78 is 18.6. The highest BCUT2D eigenvalue weighted by Gasteiger charge is 2.01. The first-order valence-corrected chi connectivity index (χ1v) is 7.16. The average Bonchev–Trinajstić information content (AvgIpc) is 2.41. The zero-order chi connectivity index (χ0) is 14.4. The van der Waals surface area contributed by atoms with E-state index < -0.39 is 0 Å². The van der Waals surface area contributed by atoms with E-state index in [1.165, 1.54) is 30.5 Å². The normalized spacial score (nSPS) is 10.8. The lowest BCUT2D eigenvalue weighted by molar-refractivity contribution is 0.479. The van der Waals surface area contributed by atoms with Crippen LogP contribution in [0.5, 0.6) is 11.5 Å². The topological polar surface area (TPSA) is 9.23 Å². The minimum Gasteiger partial charge on any atom is -0.457 e. The van der Waals surface area contributed by atoms with Crippen LogP contribution in [0.4, 0.5) is 4.39 Å². The maximum Gasteiger partial charge on any atom is 0.127 e. The van der Waals surface area contributed by atoms with Crippen molar-refractivity contribution in [2.45, 2.75) is 33.1 Å². The molecule has 0 amide bonds. The van der Waals surface area contributed by atoms with Gasteiger partial charge in [-0.1, -0.05) is 32.4 Å². The highest BCUT2D eigenvalue weighted by molar-refractivity contribution is 5.34. The summed E-state index contributed by atoms with van der Waals surface area (Å²) in [5, 5.41) is 0. The van der Waals surface area contributed by atoms with Crippen LogP contribution < -0.4 is 4.74 Å². The van der Waals surface area contributed by atoms with E-state index in [4.69, 9.17) is 4.74 Å². The molecule has 0 spiro atoms. The van der Waals surface area contributed by atoms with E-state index in [0.717, 1.165) is 18.1 Å². The molecule has 0 heterocycles. The molecule has 0 aliphatic rings. The van der Waals surface area contributed by atoms with E-state index >= 15 is 0 Å². The summed E-state index contributed by atoms with van der Waals surface area (Å²) in [6.07, 6.45) is 3.50. The van der Waals surface area contributed by atoms with Crippen LogP contribution in [0.25, 0.3) is 0 Å². The number of ether oxygens (including phenoxy) is 1. The lowest BCUT2D eigenvalue weighted by Gasteiger charge is -2.08. The number of hydrogen-bond donors (Lipinski definition) is 0. The molecular weight excluding hydrogens is 251 g/mol. The molecule has 0 radical (unpaired) electrons. The minimum absolute atomic E-state index is 0.250. The van der Waals surface area contributed by atoms with Gasteiger partial charge < -0.3 is 4.74 Å². The quantitative estimate of drug-likeness (QED) is 0.665. The monoisotopic (exact) mass is 272 g/mol. The fourth-order valence-corrected chi connectivity index (χ4v) is 2.12. The maximum absolute atomic E-state index is 12.8. The summed E-state index contributed by atoms with van der Waals surface area (Å²) in [5.74, 6) is 1.96. The Kier molecular flexibility index (Phi) is 5.16. The van der Waals surface area contributed by atoms with Gasteiger partial charge in [0.05, 0.1) is 0 Å². The summed E-state index contributed by atoms with van der Waals surface area (Å²) in [5.41, 5.74) is 1.28. The molecule has 0 bridgehead atoms. The van der Waals surface area contributed by atoms with Gasteiger partial charge in [-0.25, -0.2) is 4.39 Å². The highest BCUT2D eigenvalue weighted by atomic mass is 19.1. The van der Waals surface area contributed by atoms with E-state index in [9.17, 15) is 4.39 Å². The highest BCUT2D eigenvalue weighted by Crippen LogP contribution is 2.23. The predicted octanol–water partition coefficient (Wildman–Crippen LogP) is 5.60. The van der Waals surface area contributed by atoms with Gasteiger partial charge in [-0.2, -0.15) is 0 Å². The molecule has 0 aliphatic carbocycles. The molecule has 0 saturated carbocycles. The summed E-state index contributed by atoms with van der Waals surface area (Å²) in [6.45, 7) is 4.49. The first-order chi connectivity index (χ1) is 9.63. The third kappa shape index (κ3) is 4.69. The van der Waals surface area contributed by atoms with Crippen LogP contribution in [0.3, 0.4) is 0 Å². The first kappa shape index (κ1) is 14.6. The molecule has 0 N–H and O–H groups in total. The van der Waals surface area contributed by atoms with Crippen molar-refractivity contribution in [3.8, 4) is 11.5 Å². The molecule has 0 saturated heterocycles. The molecule has 2 aromatic carbocycles. The number of aryl methyl sites for hydroxylation is 1. The Bertz CT molecular complexity index is 531. The molecule has 2 aromatic rings. The van der Waals surface area contributed by atoms with Gasteiger partial charge >= 0.3 is 0 Å². The lowest BCUT2D eigenvalue weighted by Crippen LogP contribution is -1.92. The average molecular weight is 272 g/mol. The maximum atomic E-state index is 12.8. The van der Waals surface area contributed by atoms with Crippen molar-refractivity contribution in [2.75, 3.05) is 0 Å². The standard InChI is InChI=1S/C18H21FO/c1-14(2)5-3-6-15-7-4-8-18(13-15)20-17-11-9-16(19)10-12-17/h4,7-14H,3,5-6H2,1-2H3. The van der Waals surface area contributed by atoms with E-state index in [1.54, 1.807) is 12.1 Å². The van der Waals surface area contributed by atoms with Gasteiger partial charge in [0.2, 0.25) is 0 Å². The second kappa shape index (κ2) is 7.09. The van der Waals surface area contributed by atoms with Gasteiger partial charge in [0.1, 0.15) is 17.3 Å². The Morgan fingerprint density at radius 1 is 1.00 bits per heavy atom. The third-order valence-corrected chi connectivity index (χ3v) is 3.19. The van der Waals surface area contributed by atoms with Crippen molar-refractivity contribution in [1.29, 1.82) is 0 Å². The van der Waals surface area contributed by atoms with Gasteiger partial charge in [0.15, 0.2) is 0 Å². The summed E-state index contributed by atoms with van der Waals surface area (Å²) in [7, 11) is 0. The lowest BCUT2D eigenvalue weighted by atomic mass is 10.0. The molecule has 106 valence electrons. The van der Waals surface area contributed by atoms with E-state index in [1.807, 2.05) is 12.1 Å². The molecule has 2 heteroatoms. The Balaban J connectivity index is 1.96. The van der Waals surface area contributed by atoms with Gasteiger partial charge in [-0.05, 0) is 60.7 Å². The minimum atomic E-state index is -0.250. The van der Waals surface area contributed by atoms with Gasteiger partial charge in [-0.3, -0.25) is 0 Å². The Morgan fingerprint density at radius 3 is 2.45 bits per heavy atom. The second-order valence-corrected chi connectivity index (χ2v) is 5.49. The number of rotatable bonds is 6. The molecule has 0 aromatic heterocycles. The predicted molar refractivity (Wildman–Crippen MR) is 80.7 cm³/mol. The van der Waals surface area contributed by atoms with Gasteiger partial charge in [0, 0.05) is 0 Å². The third-order valence-electron chi connectivity index (χ3n) is 3.19. The van der Waals surface area contributed by atoms with Crippen LogP contribution in [0.15, 0.2) is 48.5 Å². The van der Waals surface area contributed by atoms with Crippen LogP contribution in [0, 0.1) is 11.7 Å². The van der Waals surface area contributed by atoms with Crippen molar-refractivity contribution in [1.82, 2.24) is 0 Å². The molecular formula is C18H21FO. The van der Waals surface area contributed by atoms with Crippen molar-refractivity contribution in [2.24, 2.45) is 5.92 Å². The van der Waals surface area contributed by atoms with Crippen molar-refractivity contribution >= 4 is 0 Å². The molecule has 2 rings (SSSR count). The van der Waals surface area contributed by atoms with Crippen molar-refractivity contribution in [3.63, 3.8) is 0 Å². The van der Waals surface area contributed by atoms with Crippen LogP contribution in [0.2, 0.25) is 0 Å². The fraction of sp³-hybridized carbons (Fsp3) is 0.333. The van der Waals surface area contributed by atoms with Crippen LogP contribution in [-0.2, 0) is 6.42 Å². The molecule has 0 unspecified atom stereocenters. The van der Waals surface area contributed by atoms with E-state index in [-0.39, 0.29) is 5.82 Å². The summed E-state index contributed by atoms with van der Waals surface area (Å²) in [6, 6.07) is 14.2. The van der Waals surface area contributed by atoms with Crippen molar-refractivity contribution < 1.29 is 9.13 Å². The molecule has 20 heavy (non-hydrogen) atoms. The van der Waals surface area contributed by atoms with Gasteiger partial charge in [-0.15, -0.1) is 0 Å². The summed E-state index contributed by atoms with van der Waals surface area (Å²) >= 11 is 0. The first-order valence-electron chi connectivity index (χ1n) is 7.16. The molecule has 0 atom stereocenters. The SMILES string of the molecule is CC(C)CCCc1cccc(Oc2ccc(F)cc2)c1. The fourth-order valence-electron chi connectivity index (χ4n) is 2.12. The Morgan fingerprint density at radius 2 is 1.75 bits per heavy atom. The van der Waals surface area contributed by atoms with E-state index in [2.05, 4.69) is 26.0 Å². The smallest absolute Gasteiger partial charge is 0.127 e. The summed E-state index contributed by atoms with van der Waals surface area (Å²) in [4.78, 5) is 0. The number of halogens is 1. The molecule has 0 aliphatic heterocycles. The van der Waals surface area contributed by atoms with Gasteiger partial charge in [0.25, 0.3) is 0 Å². The molecule has 1 nitrogen and oxygen atoms in total. The largest absolute Gasteiger partial charge is 0.457 e.